The van der Waals surface area contributed by atoms with E-state index < -0.39 is 5.97 Å². The standard InChI is InChI=1S/C22H21NO4/c1-14(2)16-6-4-8-18(12-16)21(24)23-13-15-5-3-7-17(11-15)19-9-10-20(27-19)22(25)26/h3-12,14H,13H2,1-2H3,(H,23,24)(H,25,26). The maximum Gasteiger partial charge on any atom is 0.371 e. The van der Waals surface area contributed by atoms with Crippen LogP contribution in [0, 0.1) is 0 Å². The topological polar surface area (TPSA) is 79.5 Å². The van der Waals surface area contributed by atoms with Gasteiger partial charge in [-0.15, -0.1) is 0 Å². The van der Waals surface area contributed by atoms with Gasteiger partial charge in [-0.1, -0.05) is 44.2 Å². The normalized spacial score (nSPS) is 10.8. The molecule has 0 spiro atoms. The van der Waals surface area contributed by atoms with Gasteiger partial charge in [0, 0.05) is 17.7 Å². The van der Waals surface area contributed by atoms with E-state index in [0.29, 0.717) is 23.8 Å². The van der Waals surface area contributed by atoms with Gasteiger partial charge >= 0.3 is 5.97 Å². The minimum Gasteiger partial charge on any atom is -0.475 e. The molecule has 0 radical (unpaired) electrons. The van der Waals surface area contributed by atoms with Crippen LogP contribution >= 0.6 is 0 Å². The van der Waals surface area contributed by atoms with Crippen LogP contribution in [0.3, 0.4) is 0 Å². The molecule has 1 aromatic heterocycles. The van der Waals surface area contributed by atoms with Crippen molar-refractivity contribution in [1.29, 1.82) is 0 Å². The SMILES string of the molecule is CC(C)c1cccc(C(=O)NCc2cccc(-c3ccc(C(=O)O)o3)c2)c1. The molecule has 3 aromatic rings. The fraction of sp³-hybridized carbons (Fsp3) is 0.182. The van der Waals surface area contributed by atoms with Crippen LogP contribution in [0.5, 0.6) is 0 Å². The lowest BCUT2D eigenvalue weighted by atomic mass is 10.0. The van der Waals surface area contributed by atoms with Gasteiger partial charge < -0.3 is 14.8 Å². The minimum absolute atomic E-state index is 0.103. The average molecular weight is 363 g/mol. The zero-order valence-electron chi connectivity index (χ0n) is 15.2. The summed E-state index contributed by atoms with van der Waals surface area (Å²) in [6.45, 7) is 4.55. The maximum atomic E-state index is 12.4. The molecule has 0 saturated heterocycles. The highest BCUT2D eigenvalue weighted by Gasteiger charge is 2.11. The molecule has 0 aliphatic rings. The summed E-state index contributed by atoms with van der Waals surface area (Å²) in [6.07, 6.45) is 0. The number of carboxylic acids is 1. The van der Waals surface area contributed by atoms with E-state index in [9.17, 15) is 9.59 Å². The van der Waals surface area contributed by atoms with Gasteiger partial charge in [0.25, 0.3) is 5.91 Å². The van der Waals surface area contributed by atoms with Gasteiger partial charge in [-0.2, -0.15) is 0 Å². The van der Waals surface area contributed by atoms with Crippen LogP contribution in [0.25, 0.3) is 11.3 Å². The molecule has 27 heavy (non-hydrogen) atoms. The fourth-order valence-corrected chi connectivity index (χ4v) is 2.77. The van der Waals surface area contributed by atoms with Crippen LogP contribution in [-0.2, 0) is 6.54 Å². The Balaban J connectivity index is 1.70. The highest BCUT2D eigenvalue weighted by Crippen LogP contribution is 2.23. The van der Waals surface area contributed by atoms with Crippen molar-refractivity contribution in [2.45, 2.75) is 26.3 Å². The van der Waals surface area contributed by atoms with Crippen molar-refractivity contribution >= 4 is 11.9 Å². The van der Waals surface area contributed by atoms with E-state index in [1.165, 1.54) is 6.07 Å². The predicted octanol–water partition coefficient (Wildman–Crippen LogP) is 4.70. The number of furan rings is 1. The van der Waals surface area contributed by atoms with Crippen molar-refractivity contribution in [3.05, 3.63) is 83.1 Å². The first-order valence-electron chi connectivity index (χ1n) is 8.74. The van der Waals surface area contributed by atoms with Crippen molar-refractivity contribution < 1.29 is 19.1 Å². The van der Waals surface area contributed by atoms with Crippen molar-refractivity contribution in [2.24, 2.45) is 0 Å². The Kier molecular flexibility index (Phi) is 5.41. The van der Waals surface area contributed by atoms with E-state index in [2.05, 4.69) is 19.2 Å². The highest BCUT2D eigenvalue weighted by atomic mass is 16.4. The number of carboxylic acid groups (broad SMARTS) is 1. The lowest BCUT2D eigenvalue weighted by Gasteiger charge is -2.09. The number of hydrogen-bond donors (Lipinski definition) is 2. The average Bonchev–Trinajstić information content (AvgIpc) is 3.17. The van der Waals surface area contributed by atoms with Crippen molar-refractivity contribution in [1.82, 2.24) is 5.32 Å². The quantitative estimate of drug-likeness (QED) is 0.665. The Morgan fingerprint density at radius 2 is 1.81 bits per heavy atom. The number of amides is 1. The number of hydrogen-bond acceptors (Lipinski definition) is 3. The molecule has 2 N–H and O–H groups in total. The van der Waals surface area contributed by atoms with Gasteiger partial charge in [-0.05, 0) is 47.4 Å². The highest BCUT2D eigenvalue weighted by molar-refractivity contribution is 5.94. The van der Waals surface area contributed by atoms with Crippen molar-refractivity contribution in [2.75, 3.05) is 0 Å². The predicted molar refractivity (Wildman–Crippen MR) is 103 cm³/mol. The first kappa shape index (κ1) is 18.5. The largest absolute Gasteiger partial charge is 0.475 e. The third kappa shape index (κ3) is 4.44. The molecule has 1 heterocycles. The van der Waals surface area contributed by atoms with E-state index in [1.54, 1.807) is 12.1 Å². The van der Waals surface area contributed by atoms with Gasteiger partial charge in [-0.3, -0.25) is 4.79 Å². The number of carbonyl (C=O) groups excluding carboxylic acids is 1. The molecule has 0 bridgehead atoms. The Bertz CT molecular complexity index is 972. The Morgan fingerprint density at radius 1 is 1.04 bits per heavy atom. The summed E-state index contributed by atoms with van der Waals surface area (Å²) in [6, 6.07) is 18.1. The summed E-state index contributed by atoms with van der Waals surface area (Å²) in [5.74, 6) is -0.500. The monoisotopic (exact) mass is 363 g/mol. The third-order valence-electron chi connectivity index (χ3n) is 4.30. The van der Waals surface area contributed by atoms with Crippen molar-refractivity contribution in [3.63, 3.8) is 0 Å². The smallest absolute Gasteiger partial charge is 0.371 e. The number of carbonyl (C=O) groups is 2. The lowest BCUT2D eigenvalue weighted by molar-refractivity contribution is 0.0663. The zero-order chi connectivity index (χ0) is 19.4. The van der Waals surface area contributed by atoms with Gasteiger partial charge in [0.15, 0.2) is 0 Å². The van der Waals surface area contributed by atoms with Crippen LogP contribution in [0.15, 0.2) is 65.1 Å². The molecule has 0 atom stereocenters. The number of rotatable bonds is 6. The number of aromatic carboxylic acids is 1. The lowest BCUT2D eigenvalue weighted by Crippen LogP contribution is -2.22. The van der Waals surface area contributed by atoms with E-state index in [0.717, 1.165) is 16.7 Å². The summed E-state index contributed by atoms with van der Waals surface area (Å²) in [4.78, 5) is 23.4. The second-order valence-corrected chi connectivity index (χ2v) is 6.63. The zero-order valence-corrected chi connectivity index (χ0v) is 15.2. The van der Waals surface area contributed by atoms with E-state index in [4.69, 9.17) is 9.52 Å². The molecule has 3 rings (SSSR count). The van der Waals surface area contributed by atoms with Crippen LogP contribution < -0.4 is 5.32 Å². The molecule has 2 aromatic carbocycles. The van der Waals surface area contributed by atoms with E-state index >= 15 is 0 Å². The molecule has 0 aliphatic carbocycles. The molecule has 0 unspecified atom stereocenters. The minimum atomic E-state index is -1.10. The molecular weight excluding hydrogens is 342 g/mol. The van der Waals surface area contributed by atoms with E-state index in [-0.39, 0.29) is 11.7 Å². The molecule has 0 saturated carbocycles. The van der Waals surface area contributed by atoms with Gasteiger partial charge in [0.05, 0.1) is 0 Å². The second-order valence-electron chi connectivity index (χ2n) is 6.63. The number of benzene rings is 2. The van der Waals surface area contributed by atoms with Crippen LogP contribution in [-0.4, -0.2) is 17.0 Å². The van der Waals surface area contributed by atoms with Crippen LogP contribution in [0.4, 0.5) is 0 Å². The summed E-state index contributed by atoms with van der Waals surface area (Å²) in [5.41, 5.74) is 3.41. The fourth-order valence-electron chi connectivity index (χ4n) is 2.77. The molecule has 0 aliphatic heterocycles. The first-order chi connectivity index (χ1) is 12.9. The second kappa shape index (κ2) is 7.91. The first-order valence-corrected chi connectivity index (χ1v) is 8.74. The molecule has 5 heteroatoms. The third-order valence-corrected chi connectivity index (χ3v) is 4.30. The van der Waals surface area contributed by atoms with Crippen LogP contribution in [0.2, 0.25) is 0 Å². The maximum absolute atomic E-state index is 12.4. The van der Waals surface area contributed by atoms with Gasteiger partial charge in [0.1, 0.15) is 5.76 Å². The van der Waals surface area contributed by atoms with Gasteiger partial charge in [-0.25, -0.2) is 4.79 Å². The Labute approximate surface area is 157 Å². The van der Waals surface area contributed by atoms with Crippen LogP contribution in [0.1, 0.15) is 51.8 Å². The molecule has 5 nitrogen and oxygen atoms in total. The van der Waals surface area contributed by atoms with Crippen molar-refractivity contribution in [3.8, 4) is 11.3 Å². The molecule has 0 fully saturated rings. The number of nitrogens with one attached hydrogen (secondary N) is 1. The Morgan fingerprint density at radius 3 is 2.52 bits per heavy atom. The summed E-state index contributed by atoms with van der Waals surface area (Å²) < 4.78 is 5.33. The summed E-state index contributed by atoms with van der Waals surface area (Å²) >= 11 is 0. The Hall–Kier alpha value is -3.34. The molecule has 138 valence electrons. The molecule has 1 amide bonds. The van der Waals surface area contributed by atoms with E-state index in [1.807, 2.05) is 42.5 Å². The van der Waals surface area contributed by atoms with Gasteiger partial charge in [0.2, 0.25) is 5.76 Å². The molecular formula is C22H21NO4. The summed E-state index contributed by atoms with van der Waals surface area (Å²) in [5, 5.41) is 11.9. The summed E-state index contributed by atoms with van der Waals surface area (Å²) in [7, 11) is 0.